The molecule has 0 saturated carbocycles. The Bertz CT molecular complexity index is 473. The fourth-order valence-corrected chi connectivity index (χ4v) is 3.60. The quantitative estimate of drug-likeness (QED) is 0.213. The molecule has 4 unspecified atom stereocenters. The van der Waals surface area contributed by atoms with Gasteiger partial charge in [0.05, 0.1) is 19.8 Å². The summed E-state index contributed by atoms with van der Waals surface area (Å²) in [7, 11) is 1.41. The van der Waals surface area contributed by atoms with Gasteiger partial charge in [-0.05, 0) is 38.5 Å². The maximum atomic E-state index is 11.4. The topological polar surface area (TPSA) is 72.5 Å². The van der Waals surface area contributed by atoms with Crippen molar-refractivity contribution in [3.63, 3.8) is 0 Å². The van der Waals surface area contributed by atoms with Gasteiger partial charge in [-0.25, -0.2) is 0 Å². The minimum Gasteiger partial charge on any atom is -0.469 e. The standard InChI is InChI=1S/C25H48O7/c1-7-10-15-28-22-20(5)32-25(31-18-19(4)13-14-21(26)27-6)24(30-17-12-9-3)23(22)29-16-11-8-2/h19-20,22-25H,7-18H2,1-6H3/t19?,20?,22-,23?,24?,25-/m1/s1. The number of hydrogen-bond donors (Lipinski definition) is 0. The molecule has 0 aromatic rings. The van der Waals surface area contributed by atoms with Crippen LogP contribution in [0, 0.1) is 5.92 Å². The molecule has 0 amide bonds. The zero-order valence-corrected chi connectivity index (χ0v) is 21.3. The van der Waals surface area contributed by atoms with Crippen LogP contribution < -0.4 is 0 Å². The molecule has 0 N–H and O–H groups in total. The Morgan fingerprint density at radius 3 is 1.91 bits per heavy atom. The van der Waals surface area contributed by atoms with Gasteiger partial charge in [-0.15, -0.1) is 0 Å². The highest BCUT2D eigenvalue weighted by Crippen LogP contribution is 2.30. The molecule has 0 aromatic carbocycles. The summed E-state index contributed by atoms with van der Waals surface area (Å²) in [6.45, 7) is 13.0. The van der Waals surface area contributed by atoms with Gasteiger partial charge in [0.2, 0.25) is 0 Å². The van der Waals surface area contributed by atoms with Crippen LogP contribution >= 0.6 is 0 Å². The summed E-state index contributed by atoms with van der Waals surface area (Å²) in [5.74, 6) is -0.00101. The summed E-state index contributed by atoms with van der Waals surface area (Å²) in [6, 6.07) is 0. The lowest BCUT2D eigenvalue weighted by atomic mass is 9.98. The molecular formula is C25H48O7. The van der Waals surface area contributed by atoms with Gasteiger partial charge in [0.25, 0.3) is 0 Å². The zero-order valence-electron chi connectivity index (χ0n) is 21.3. The Kier molecular flexibility index (Phi) is 16.2. The molecule has 32 heavy (non-hydrogen) atoms. The van der Waals surface area contributed by atoms with Crippen LogP contribution in [0.2, 0.25) is 0 Å². The van der Waals surface area contributed by atoms with E-state index < -0.39 is 6.29 Å². The Morgan fingerprint density at radius 2 is 1.38 bits per heavy atom. The average Bonchev–Trinajstić information content (AvgIpc) is 2.79. The van der Waals surface area contributed by atoms with Crippen LogP contribution in [0.25, 0.3) is 0 Å². The second-order valence-corrected chi connectivity index (χ2v) is 8.83. The van der Waals surface area contributed by atoms with Gasteiger partial charge in [0, 0.05) is 26.2 Å². The maximum Gasteiger partial charge on any atom is 0.305 e. The van der Waals surface area contributed by atoms with Gasteiger partial charge in [-0.2, -0.15) is 0 Å². The number of methoxy groups -OCH3 is 1. The fourth-order valence-electron chi connectivity index (χ4n) is 3.60. The van der Waals surface area contributed by atoms with E-state index in [1.54, 1.807) is 0 Å². The number of carbonyl (C=O) groups is 1. The Balaban J connectivity index is 2.86. The van der Waals surface area contributed by atoms with E-state index in [0.717, 1.165) is 38.5 Å². The molecule has 1 rings (SSSR count). The molecule has 6 atom stereocenters. The van der Waals surface area contributed by atoms with Gasteiger partial charge < -0.3 is 28.4 Å². The fraction of sp³-hybridized carbons (Fsp3) is 0.960. The van der Waals surface area contributed by atoms with Gasteiger partial charge >= 0.3 is 5.97 Å². The molecule has 1 aliphatic heterocycles. The van der Waals surface area contributed by atoms with Crippen LogP contribution in [0.5, 0.6) is 0 Å². The van der Waals surface area contributed by atoms with Gasteiger partial charge in [0.1, 0.15) is 18.3 Å². The predicted octanol–water partition coefficient (Wildman–Crippen LogP) is 4.89. The molecule has 1 aliphatic rings. The highest BCUT2D eigenvalue weighted by Gasteiger charge is 2.47. The zero-order chi connectivity index (χ0) is 23.8. The van der Waals surface area contributed by atoms with Crippen LogP contribution in [0.15, 0.2) is 0 Å². The molecule has 1 fully saturated rings. The summed E-state index contributed by atoms with van der Waals surface area (Å²) in [5, 5.41) is 0. The molecule has 0 radical (unpaired) electrons. The molecule has 0 bridgehead atoms. The smallest absolute Gasteiger partial charge is 0.305 e. The van der Waals surface area contributed by atoms with Crippen molar-refractivity contribution in [2.24, 2.45) is 5.92 Å². The van der Waals surface area contributed by atoms with Gasteiger partial charge in [0.15, 0.2) is 6.29 Å². The molecule has 190 valence electrons. The van der Waals surface area contributed by atoms with Crippen molar-refractivity contribution in [2.75, 3.05) is 33.5 Å². The molecule has 0 aromatic heterocycles. The third-order valence-electron chi connectivity index (χ3n) is 5.77. The summed E-state index contributed by atoms with van der Waals surface area (Å²) in [6.07, 6.45) is 5.77. The first-order valence-corrected chi connectivity index (χ1v) is 12.7. The number of carbonyl (C=O) groups excluding carboxylic acids is 1. The van der Waals surface area contributed by atoms with Gasteiger partial charge in [-0.3, -0.25) is 4.79 Å². The van der Waals surface area contributed by atoms with E-state index in [4.69, 9.17) is 28.4 Å². The molecular weight excluding hydrogens is 412 g/mol. The Labute approximate surface area is 195 Å². The molecule has 0 aliphatic carbocycles. The van der Waals surface area contributed by atoms with E-state index in [2.05, 4.69) is 27.7 Å². The van der Waals surface area contributed by atoms with Crippen molar-refractivity contribution >= 4 is 5.97 Å². The molecule has 0 spiro atoms. The number of ether oxygens (including phenoxy) is 6. The predicted molar refractivity (Wildman–Crippen MR) is 125 cm³/mol. The van der Waals surface area contributed by atoms with Crippen molar-refractivity contribution < 1.29 is 33.2 Å². The summed E-state index contributed by atoms with van der Waals surface area (Å²) in [4.78, 5) is 11.4. The van der Waals surface area contributed by atoms with Crippen LogP contribution in [0.3, 0.4) is 0 Å². The van der Waals surface area contributed by atoms with E-state index in [9.17, 15) is 4.79 Å². The summed E-state index contributed by atoms with van der Waals surface area (Å²) >= 11 is 0. The van der Waals surface area contributed by atoms with E-state index in [1.807, 2.05) is 6.92 Å². The lowest BCUT2D eigenvalue weighted by molar-refractivity contribution is -0.317. The Morgan fingerprint density at radius 1 is 0.844 bits per heavy atom. The number of rotatable bonds is 18. The van der Waals surface area contributed by atoms with Crippen LogP contribution in [0.4, 0.5) is 0 Å². The second kappa shape index (κ2) is 17.7. The summed E-state index contributed by atoms with van der Waals surface area (Å²) in [5.41, 5.74) is 0. The third kappa shape index (κ3) is 10.9. The Hall–Kier alpha value is -0.730. The molecule has 1 saturated heterocycles. The van der Waals surface area contributed by atoms with Gasteiger partial charge in [-0.1, -0.05) is 47.0 Å². The SMILES string of the molecule is CCCCOC1C(OCCCC)[C@H](OCCCC)C(C)O[C@H]1OCC(C)CCC(=O)OC. The van der Waals surface area contributed by atoms with Crippen molar-refractivity contribution in [3.05, 3.63) is 0 Å². The van der Waals surface area contributed by atoms with Crippen molar-refractivity contribution in [1.82, 2.24) is 0 Å². The highest BCUT2D eigenvalue weighted by molar-refractivity contribution is 5.69. The lowest BCUT2D eigenvalue weighted by Crippen LogP contribution is -2.60. The highest BCUT2D eigenvalue weighted by atomic mass is 16.7. The number of hydrogen-bond acceptors (Lipinski definition) is 7. The first-order chi connectivity index (χ1) is 15.5. The monoisotopic (exact) mass is 460 g/mol. The largest absolute Gasteiger partial charge is 0.469 e. The van der Waals surface area contributed by atoms with E-state index in [1.165, 1.54) is 7.11 Å². The third-order valence-corrected chi connectivity index (χ3v) is 5.77. The van der Waals surface area contributed by atoms with Crippen molar-refractivity contribution in [2.45, 2.75) is 117 Å². The minimum absolute atomic E-state index is 0.167. The minimum atomic E-state index is -0.528. The van der Waals surface area contributed by atoms with Crippen molar-refractivity contribution in [1.29, 1.82) is 0 Å². The maximum absolute atomic E-state index is 11.4. The molecule has 7 nitrogen and oxygen atoms in total. The first kappa shape index (κ1) is 29.3. The summed E-state index contributed by atoms with van der Waals surface area (Å²) < 4.78 is 36.1. The van der Waals surface area contributed by atoms with E-state index in [-0.39, 0.29) is 36.3 Å². The van der Waals surface area contributed by atoms with Crippen molar-refractivity contribution in [3.8, 4) is 0 Å². The first-order valence-electron chi connectivity index (χ1n) is 12.7. The van der Waals surface area contributed by atoms with Crippen LogP contribution in [0.1, 0.15) is 86.0 Å². The number of esters is 1. The number of unbranched alkanes of at least 4 members (excludes halogenated alkanes) is 3. The normalized spacial score (nSPS) is 26.8. The molecule has 7 heteroatoms. The molecule has 1 heterocycles. The van der Waals surface area contributed by atoms with E-state index in [0.29, 0.717) is 39.3 Å². The second-order valence-electron chi connectivity index (χ2n) is 8.83. The lowest BCUT2D eigenvalue weighted by Gasteiger charge is -2.45. The van der Waals surface area contributed by atoms with Crippen LogP contribution in [-0.4, -0.2) is 70.2 Å². The van der Waals surface area contributed by atoms with Crippen LogP contribution in [-0.2, 0) is 33.2 Å². The van der Waals surface area contributed by atoms with E-state index >= 15 is 0 Å². The average molecular weight is 461 g/mol.